The first-order chi connectivity index (χ1) is 16.5. The Morgan fingerprint density at radius 2 is 1.85 bits per heavy atom. The molecular formula is C20H27N9O5. The van der Waals surface area contributed by atoms with Gasteiger partial charge in [-0.25, -0.2) is 10.1 Å². The maximum atomic E-state index is 13.1. The van der Waals surface area contributed by atoms with Crippen LogP contribution in [-0.2, 0) is 6.54 Å². The van der Waals surface area contributed by atoms with Gasteiger partial charge < -0.3 is 19.9 Å². The molecule has 0 saturated carbocycles. The van der Waals surface area contributed by atoms with Crippen LogP contribution in [0.25, 0.3) is 5.82 Å². The van der Waals surface area contributed by atoms with E-state index >= 15 is 0 Å². The number of hydrazone groups is 1. The fourth-order valence-corrected chi connectivity index (χ4v) is 3.19. The van der Waals surface area contributed by atoms with Crippen molar-refractivity contribution in [2.75, 3.05) is 40.2 Å². The van der Waals surface area contributed by atoms with Crippen LogP contribution in [0.15, 0.2) is 21.9 Å². The first kappa shape index (κ1) is 24.4. The first-order valence-electron chi connectivity index (χ1n) is 10.4. The molecule has 0 atom stereocenters. The number of aromatic nitrogens is 5. The summed E-state index contributed by atoms with van der Waals surface area (Å²) in [6, 6.07) is 3.38. The second kappa shape index (κ2) is 11.1. The molecule has 3 N–H and O–H groups in total. The van der Waals surface area contributed by atoms with E-state index in [2.05, 4.69) is 40.7 Å². The SMILES string of the molecule is CCN(CC)Cc1nnn(-c2nonc2N)c1C(=O)N/N=C\c1cc(OC)c(OC)c(OC)c1. The quantitative estimate of drug-likeness (QED) is 0.299. The third-order valence-corrected chi connectivity index (χ3v) is 4.99. The Kier molecular flexibility index (Phi) is 7.97. The number of ether oxygens (including phenoxy) is 3. The smallest absolute Gasteiger partial charge is 0.292 e. The number of benzene rings is 1. The summed E-state index contributed by atoms with van der Waals surface area (Å²) >= 11 is 0. The van der Waals surface area contributed by atoms with E-state index in [-0.39, 0.29) is 17.3 Å². The number of rotatable bonds is 11. The van der Waals surface area contributed by atoms with Crippen LogP contribution in [0, 0.1) is 0 Å². The normalized spacial score (nSPS) is 11.2. The molecule has 0 aliphatic carbocycles. The lowest BCUT2D eigenvalue weighted by Crippen LogP contribution is -2.27. The van der Waals surface area contributed by atoms with Gasteiger partial charge in [-0.2, -0.15) is 9.78 Å². The van der Waals surface area contributed by atoms with Crippen LogP contribution in [0.1, 0.15) is 35.6 Å². The third-order valence-electron chi connectivity index (χ3n) is 4.99. The molecule has 2 heterocycles. The standard InChI is InChI=1S/C20H27N9O5/c1-6-28(7-2)11-13-16(29(27-23-13)19-18(21)25-34-26-19)20(30)24-22-10-12-8-14(31-3)17(33-5)15(9-12)32-4/h8-10H,6-7,11H2,1-5H3,(H2,21,25)(H,24,30)/b22-10-. The highest BCUT2D eigenvalue weighted by Gasteiger charge is 2.25. The Morgan fingerprint density at radius 3 is 2.38 bits per heavy atom. The summed E-state index contributed by atoms with van der Waals surface area (Å²) in [4.78, 5) is 15.2. The average Bonchev–Trinajstić information content (AvgIpc) is 3.46. The summed E-state index contributed by atoms with van der Waals surface area (Å²) in [5, 5.41) is 19.5. The Bertz CT molecular complexity index is 1130. The highest BCUT2D eigenvalue weighted by Crippen LogP contribution is 2.37. The van der Waals surface area contributed by atoms with Crippen molar-refractivity contribution in [1.82, 2.24) is 35.6 Å². The van der Waals surface area contributed by atoms with E-state index < -0.39 is 5.91 Å². The zero-order valence-corrected chi connectivity index (χ0v) is 19.6. The van der Waals surface area contributed by atoms with Gasteiger partial charge in [0.05, 0.1) is 27.5 Å². The molecule has 0 bridgehead atoms. The second-order valence-electron chi connectivity index (χ2n) is 6.89. The Morgan fingerprint density at radius 1 is 1.18 bits per heavy atom. The molecule has 182 valence electrons. The lowest BCUT2D eigenvalue weighted by molar-refractivity contribution is 0.0945. The van der Waals surface area contributed by atoms with Crippen molar-refractivity contribution in [2.24, 2.45) is 5.10 Å². The minimum atomic E-state index is -0.571. The van der Waals surface area contributed by atoms with Gasteiger partial charge in [0.1, 0.15) is 5.69 Å². The van der Waals surface area contributed by atoms with Crippen LogP contribution < -0.4 is 25.4 Å². The summed E-state index contributed by atoms with van der Waals surface area (Å²) in [6.07, 6.45) is 1.44. The van der Waals surface area contributed by atoms with Gasteiger partial charge in [0, 0.05) is 12.1 Å². The highest BCUT2D eigenvalue weighted by atomic mass is 16.6. The van der Waals surface area contributed by atoms with Crippen LogP contribution in [0.2, 0.25) is 0 Å². The number of hydrogen-bond donors (Lipinski definition) is 2. The van der Waals surface area contributed by atoms with E-state index in [1.165, 1.54) is 32.2 Å². The van der Waals surface area contributed by atoms with Gasteiger partial charge in [0.15, 0.2) is 17.2 Å². The number of carbonyl (C=O) groups excluding carboxylic acids is 1. The fraction of sp³-hybridized carbons (Fsp3) is 0.400. The van der Waals surface area contributed by atoms with Crippen LogP contribution in [0.3, 0.4) is 0 Å². The summed E-state index contributed by atoms with van der Waals surface area (Å²) in [6.45, 7) is 5.93. The summed E-state index contributed by atoms with van der Waals surface area (Å²) < 4.78 is 21.8. The van der Waals surface area contributed by atoms with Crippen LogP contribution in [-0.4, -0.2) is 76.7 Å². The first-order valence-corrected chi connectivity index (χ1v) is 10.4. The monoisotopic (exact) mass is 473 g/mol. The van der Waals surface area contributed by atoms with Gasteiger partial charge in [-0.05, 0) is 35.5 Å². The number of nitrogens with two attached hydrogens (primary N) is 1. The van der Waals surface area contributed by atoms with Crippen molar-refractivity contribution in [3.8, 4) is 23.1 Å². The maximum absolute atomic E-state index is 13.1. The molecule has 0 saturated heterocycles. The summed E-state index contributed by atoms with van der Waals surface area (Å²) in [5.74, 6) is 0.797. The van der Waals surface area contributed by atoms with Crippen LogP contribution >= 0.6 is 0 Å². The van der Waals surface area contributed by atoms with Crippen molar-refractivity contribution in [2.45, 2.75) is 20.4 Å². The molecule has 0 unspecified atom stereocenters. The molecule has 0 aliphatic rings. The van der Waals surface area contributed by atoms with Crippen LogP contribution in [0.5, 0.6) is 17.2 Å². The number of nitrogens with zero attached hydrogens (tertiary/aromatic N) is 7. The number of methoxy groups -OCH3 is 3. The molecule has 0 spiro atoms. The van der Waals surface area contributed by atoms with E-state index in [1.807, 2.05) is 13.8 Å². The van der Waals surface area contributed by atoms with Gasteiger partial charge in [0.2, 0.25) is 17.4 Å². The van der Waals surface area contributed by atoms with E-state index in [9.17, 15) is 4.79 Å². The molecule has 14 nitrogen and oxygen atoms in total. The van der Waals surface area contributed by atoms with E-state index in [0.29, 0.717) is 35.1 Å². The average molecular weight is 473 g/mol. The minimum absolute atomic E-state index is 0.0331. The molecular weight excluding hydrogens is 446 g/mol. The lowest BCUT2D eigenvalue weighted by Gasteiger charge is -2.16. The van der Waals surface area contributed by atoms with Crippen LogP contribution in [0.4, 0.5) is 5.82 Å². The molecule has 0 aliphatic heterocycles. The molecule has 34 heavy (non-hydrogen) atoms. The van der Waals surface area contributed by atoms with Crippen molar-refractivity contribution in [3.63, 3.8) is 0 Å². The van der Waals surface area contributed by atoms with Gasteiger partial charge in [-0.3, -0.25) is 9.69 Å². The summed E-state index contributed by atoms with van der Waals surface area (Å²) in [5.41, 5.74) is 9.42. The number of anilines is 1. The molecule has 3 rings (SSSR count). The Labute approximate surface area is 195 Å². The van der Waals surface area contributed by atoms with E-state index in [0.717, 1.165) is 13.1 Å². The van der Waals surface area contributed by atoms with E-state index in [4.69, 9.17) is 19.9 Å². The lowest BCUT2D eigenvalue weighted by atomic mass is 10.2. The zero-order chi connectivity index (χ0) is 24.7. The minimum Gasteiger partial charge on any atom is -0.493 e. The Hall–Kier alpha value is -4.20. The number of amides is 1. The predicted octanol–water partition coefficient (Wildman–Crippen LogP) is 0.864. The van der Waals surface area contributed by atoms with Gasteiger partial charge in [-0.15, -0.1) is 5.10 Å². The molecule has 1 amide bonds. The number of nitrogens with one attached hydrogen (secondary N) is 1. The van der Waals surface area contributed by atoms with E-state index in [1.54, 1.807) is 12.1 Å². The second-order valence-corrected chi connectivity index (χ2v) is 6.89. The molecule has 14 heteroatoms. The van der Waals surface area contributed by atoms with Gasteiger partial charge >= 0.3 is 0 Å². The molecule has 2 aromatic heterocycles. The Balaban J connectivity index is 1.90. The third kappa shape index (κ3) is 5.06. The largest absolute Gasteiger partial charge is 0.493 e. The fourth-order valence-electron chi connectivity index (χ4n) is 3.19. The zero-order valence-electron chi connectivity index (χ0n) is 19.6. The molecule has 0 radical (unpaired) electrons. The van der Waals surface area contributed by atoms with Gasteiger partial charge in [-0.1, -0.05) is 19.1 Å². The summed E-state index contributed by atoms with van der Waals surface area (Å²) in [7, 11) is 4.53. The number of carbonyl (C=O) groups is 1. The molecule has 0 fully saturated rings. The highest BCUT2D eigenvalue weighted by molar-refractivity contribution is 5.95. The van der Waals surface area contributed by atoms with Crippen molar-refractivity contribution in [3.05, 3.63) is 29.1 Å². The number of nitrogen functional groups attached to an aromatic ring is 1. The van der Waals surface area contributed by atoms with Gasteiger partial charge in [0.25, 0.3) is 5.91 Å². The maximum Gasteiger partial charge on any atom is 0.292 e. The van der Waals surface area contributed by atoms with Crippen molar-refractivity contribution < 1.29 is 23.6 Å². The number of hydrogen-bond acceptors (Lipinski definition) is 12. The van der Waals surface area contributed by atoms with Crippen molar-refractivity contribution >= 4 is 17.9 Å². The molecule has 1 aromatic carbocycles. The molecule has 3 aromatic rings. The topological polar surface area (TPSA) is 168 Å². The predicted molar refractivity (Wildman–Crippen MR) is 121 cm³/mol. The van der Waals surface area contributed by atoms with Crippen molar-refractivity contribution in [1.29, 1.82) is 0 Å².